The SMILES string of the molecule is CCc1ncc(-c2c(C)noc2C)cc1NCc1cc(C)sc1C. The second kappa shape index (κ2) is 6.77. The molecular weight excluding hydrogens is 318 g/mol. The number of rotatable bonds is 5. The molecule has 4 nitrogen and oxygen atoms in total. The lowest BCUT2D eigenvalue weighted by atomic mass is 10.0. The molecule has 0 unspecified atom stereocenters. The van der Waals surface area contributed by atoms with Crippen LogP contribution in [0.2, 0.25) is 0 Å². The van der Waals surface area contributed by atoms with E-state index in [1.807, 2.05) is 31.4 Å². The van der Waals surface area contributed by atoms with Crippen molar-refractivity contribution in [2.24, 2.45) is 0 Å². The van der Waals surface area contributed by atoms with Crippen molar-refractivity contribution in [2.75, 3.05) is 5.32 Å². The minimum Gasteiger partial charge on any atom is -0.379 e. The Balaban J connectivity index is 1.91. The van der Waals surface area contributed by atoms with Crippen LogP contribution >= 0.6 is 11.3 Å². The van der Waals surface area contributed by atoms with Crippen molar-refractivity contribution in [3.05, 3.63) is 50.8 Å². The molecule has 0 aliphatic carbocycles. The minimum absolute atomic E-state index is 0.815. The van der Waals surface area contributed by atoms with Gasteiger partial charge in [0.15, 0.2) is 0 Å². The van der Waals surface area contributed by atoms with Gasteiger partial charge in [-0.15, -0.1) is 11.3 Å². The van der Waals surface area contributed by atoms with Crippen LogP contribution in [0.1, 0.15) is 39.4 Å². The zero-order valence-corrected chi connectivity index (χ0v) is 15.7. The lowest BCUT2D eigenvalue weighted by Gasteiger charge is -2.12. The Bertz CT molecular complexity index is 844. The number of nitrogens with zero attached hydrogens (tertiary/aromatic N) is 2. The molecule has 0 bridgehead atoms. The first-order valence-corrected chi connectivity index (χ1v) is 9.03. The van der Waals surface area contributed by atoms with Crippen LogP contribution in [0, 0.1) is 27.7 Å². The number of pyridine rings is 1. The average Bonchev–Trinajstić information content (AvgIpc) is 3.06. The highest BCUT2D eigenvalue weighted by Gasteiger charge is 2.14. The van der Waals surface area contributed by atoms with E-state index in [1.54, 1.807) is 0 Å². The van der Waals surface area contributed by atoms with Crippen LogP contribution in [0.3, 0.4) is 0 Å². The first-order valence-electron chi connectivity index (χ1n) is 8.21. The van der Waals surface area contributed by atoms with Gasteiger partial charge < -0.3 is 9.84 Å². The van der Waals surface area contributed by atoms with Crippen molar-refractivity contribution in [1.29, 1.82) is 0 Å². The average molecular weight is 341 g/mol. The molecular formula is C19H23N3OS. The van der Waals surface area contributed by atoms with Crippen LogP contribution in [-0.2, 0) is 13.0 Å². The molecule has 0 aliphatic heterocycles. The summed E-state index contributed by atoms with van der Waals surface area (Å²) in [6.07, 6.45) is 2.81. The first kappa shape index (κ1) is 16.7. The van der Waals surface area contributed by atoms with Crippen molar-refractivity contribution in [3.8, 4) is 11.1 Å². The van der Waals surface area contributed by atoms with Gasteiger partial charge in [-0.2, -0.15) is 0 Å². The predicted molar refractivity (Wildman–Crippen MR) is 99.7 cm³/mol. The maximum absolute atomic E-state index is 5.30. The van der Waals surface area contributed by atoms with Gasteiger partial charge in [-0.25, -0.2) is 0 Å². The van der Waals surface area contributed by atoms with E-state index in [0.29, 0.717) is 0 Å². The van der Waals surface area contributed by atoms with Gasteiger partial charge in [0, 0.05) is 33.6 Å². The summed E-state index contributed by atoms with van der Waals surface area (Å²) < 4.78 is 5.30. The largest absolute Gasteiger partial charge is 0.379 e. The van der Waals surface area contributed by atoms with E-state index in [4.69, 9.17) is 4.52 Å². The van der Waals surface area contributed by atoms with Gasteiger partial charge in [-0.05, 0) is 51.8 Å². The van der Waals surface area contributed by atoms with E-state index in [0.717, 1.165) is 46.9 Å². The van der Waals surface area contributed by atoms with Gasteiger partial charge >= 0.3 is 0 Å². The van der Waals surface area contributed by atoms with E-state index in [1.165, 1.54) is 15.3 Å². The summed E-state index contributed by atoms with van der Waals surface area (Å²) in [5.74, 6) is 0.828. The van der Waals surface area contributed by atoms with Crippen molar-refractivity contribution in [3.63, 3.8) is 0 Å². The summed E-state index contributed by atoms with van der Waals surface area (Å²) in [7, 11) is 0. The van der Waals surface area contributed by atoms with Crippen molar-refractivity contribution in [2.45, 2.75) is 47.6 Å². The Morgan fingerprint density at radius 3 is 2.54 bits per heavy atom. The third kappa shape index (κ3) is 3.22. The van der Waals surface area contributed by atoms with E-state index in [9.17, 15) is 0 Å². The summed E-state index contributed by atoms with van der Waals surface area (Å²) in [5, 5.41) is 7.62. The molecule has 3 aromatic heterocycles. The van der Waals surface area contributed by atoms with Gasteiger partial charge in [-0.3, -0.25) is 4.98 Å². The van der Waals surface area contributed by atoms with Crippen LogP contribution < -0.4 is 5.32 Å². The van der Waals surface area contributed by atoms with Crippen molar-refractivity contribution < 1.29 is 4.52 Å². The molecule has 5 heteroatoms. The number of anilines is 1. The molecule has 0 amide bonds. The van der Waals surface area contributed by atoms with E-state index < -0.39 is 0 Å². The Labute approximate surface area is 146 Å². The normalized spacial score (nSPS) is 11.0. The maximum Gasteiger partial charge on any atom is 0.141 e. The Morgan fingerprint density at radius 1 is 1.17 bits per heavy atom. The monoisotopic (exact) mass is 341 g/mol. The summed E-state index contributed by atoms with van der Waals surface area (Å²) in [4.78, 5) is 7.36. The molecule has 3 heterocycles. The maximum atomic E-state index is 5.30. The molecule has 0 aromatic carbocycles. The highest BCUT2D eigenvalue weighted by Crippen LogP contribution is 2.30. The third-order valence-electron chi connectivity index (χ3n) is 4.24. The van der Waals surface area contributed by atoms with E-state index >= 15 is 0 Å². The van der Waals surface area contributed by atoms with Crippen LogP contribution in [0.4, 0.5) is 5.69 Å². The number of hydrogen-bond donors (Lipinski definition) is 1. The lowest BCUT2D eigenvalue weighted by Crippen LogP contribution is -2.04. The molecule has 1 N–H and O–H groups in total. The number of thiophene rings is 1. The number of nitrogens with one attached hydrogen (secondary N) is 1. The summed E-state index contributed by atoms with van der Waals surface area (Å²) in [5.41, 5.74) is 6.49. The fraction of sp³-hybridized carbons (Fsp3) is 0.368. The Hall–Kier alpha value is -2.14. The third-order valence-corrected chi connectivity index (χ3v) is 5.25. The molecule has 0 fully saturated rings. The number of aromatic nitrogens is 2. The predicted octanol–water partition coefficient (Wildman–Crippen LogP) is 5.21. The van der Waals surface area contributed by atoms with Gasteiger partial charge in [0.2, 0.25) is 0 Å². The topological polar surface area (TPSA) is 51.0 Å². The molecule has 0 radical (unpaired) electrons. The smallest absolute Gasteiger partial charge is 0.141 e. The molecule has 0 spiro atoms. The van der Waals surface area contributed by atoms with Crippen molar-refractivity contribution in [1.82, 2.24) is 10.1 Å². The van der Waals surface area contributed by atoms with Gasteiger partial charge in [-0.1, -0.05) is 12.1 Å². The quantitative estimate of drug-likeness (QED) is 0.692. The second-order valence-corrected chi connectivity index (χ2v) is 7.52. The highest BCUT2D eigenvalue weighted by molar-refractivity contribution is 7.12. The van der Waals surface area contributed by atoms with Crippen LogP contribution in [0.15, 0.2) is 22.9 Å². The molecule has 3 rings (SSSR count). The van der Waals surface area contributed by atoms with Crippen LogP contribution in [0.5, 0.6) is 0 Å². The zero-order valence-electron chi connectivity index (χ0n) is 14.9. The molecule has 0 saturated heterocycles. The first-order chi connectivity index (χ1) is 11.5. The second-order valence-electron chi connectivity index (χ2n) is 6.06. The number of hydrogen-bond acceptors (Lipinski definition) is 5. The summed E-state index contributed by atoms with van der Waals surface area (Å²) >= 11 is 1.84. The molecule has 3 aromatic rings. The Kier molecular flexibility index (Phi) is 4.71. The number of aryl methyl sites for hydroxylation is 5. The van der Waals surface area contributed by atoms with Crippen LogP contribution in [-0.4, -0.2) is 10.1 Å². The van der Waals surface area contributed by atoms with Crippen LogP contribution in [0.25, 0.3) is 11.1 Å². The highest BCUT2D eigenvalue weighted by atomic mass is 32.1. The van der Waals surface area contributed by atoms with Gasteiger partial charge in [0.05, 0.1) is 17.1 Å². The van der Waals surface area contributed by atoms with Crippen molar-refractivity contribution >= 4 is 17.0 Å². The molecule has 0 aliphatic rings. The molecule has 126 valence electrons. The molecule has 24 heavy (non-hydrogen) atoms. The van der Waals surface area contributed by atoms with Gasteiger partial charge in [0.25, 0.3) is 0 Å². The minimum atomic E-state index is 0.815. The fourth-order valence-electron chi connectivity index (χ4n) is 3.01. The summed E-state index contributed by atoms with van der Waals surface area (Å²) in [6, 6.07) is 4.41. The zero-order chi connectivity index (χ0) is 17.3. The van der Waals surface area contributed by atoms with E-state index in [2.05, 4.69) is 48.4 Å². The molecule has 0 saturated carbocycles. The van der Waals surface area contributed by atoms with Gasteiger partial charge in [0.1, 0.15) is 5.76 Å². The molecule has 0 atom stereocenters. The Morgan fingerprint density at radius 2 is 1.96 bits per heavy atom. The van der Waals surface area contributed by atoms with E-state index in [-0.39, 0.29) is 0 Å². The fourth-order valence-corrected chi connectivity index (χ4v) is 3.96. The summed E-state index contributed by atoms with van der Waals surface area (Å²) in [6.45, 7) is 11.2. The standard InChI is InChI=1S/C19H23N3OS/c1-6-17-18(21-9-15-7-11(2)24-14(15)5)8-16(10-20-17)19-12(3)22-23-13(19)4/h7-8,10,21H,6,9H2,1-5H3. The lowest BCUT2D eigenvalue weighted by molar-refractivity contribution is 0.393.